The molecule has 0 aliphatic carbocycles. The Bertz CT molecular complexity index is 686. The molecule has 0 amide bonds. The summed E-state index contributed by atoms with van der Waals surface area (Å²) in [7, 11) is -1.75. The van der Waals surface area contributed by atoms with E-state index in [0.717, 1.165) is 31.6 Å². The van der Waals surface area contributed by atoms with Gasteiger partial charge in [0.15, 0.2) is 5.90 Å². The van der Waals surface area contributed by atoms with Crippen molar-refractivity contribution in [2.45, 2.75) is 57.4 Å². The smallest absolute Gasteiger partial charge is 0.242 e. The number of rotatable bonds is 10. The van der Waals surface area contributed by atoms with Crippen LogP contribution in [0.2, 0.25) is 0 Å². The molecule has 0 saturated heterocycles. The van der Waals surface area contributed by atoms with Crippen molar-refractivity contribution in [1.29, 1.82) is 0 Å². The zero-order chi connectivity index (χ0) is 19.2. The molecule has 1 unspecified atom stereocenters. The molecule has 1 heterocycles. The molecule has 0 aromatic heterocycles. The molecule has 0 spiro atoms. The van der Waals surface area contributed by atoms with Crippen molar-refractivity contribution >= 4 is 15.9 Å². The van der Waals surface area contributed by atoms with E-state index in [9.17, 15) is 8.42 Å². The van der Waals surface area contributed by atoms with Crippen LogP contribution in [-0.4, -0.2) is 44.9 Å². The van der Waals surface area contributed by atoms with Crippen LogP contribution in [-0.2, 0) is 14.8 Å². The number of benzene rings is 1. The highest BCUT2D eigenvalue weighted by Gasteiger charge is 2.27. The molecule has 0 fully saturated rings. The minimum Gasteiger partial charge on any atom is -0.478 e. The molecule has 1 aliphatic heterocycles. The second-order valence-corrected chi connectivity index (χ2v) is 9.37. The van der Waals surface area contributed by atoms with E-state index >= 15 is 0 Å². The maximum absolute atomic E-state index is 12.5. The monoisotopic (exact) mass is 380 g/mol. The predicted molar refractivity (Wildman–Crippen MR) is 106 cm³/mol. The first-order valence-electron chi connectivity index (χ1n) is 9.58. The van der Waals surface area contributed by atoms with Gasteiger partial charge < -0.3 is 4.74 Å². The average Bonchev–Trinajstić information content (AvgIpc) is 3.10. The van der Waals surface area contributed by atoms with Gasteiger partial charge in [-0.1, -0.05) is 45.4 Å². The standard InChI is InChI=1S/C20H32N2O3S/c1-5-17-15-25-20(21-17)19(16(2)3)13-9-10-14-22(4)26(23,24)18-11-7-6-8-12-18/h6-8,11-12,16-17,19H,5,9-10,13-15H2,1-4H3/t17-,19?/m1/s1. The van der Waals surface area contributed by atoms with Crippen molar-refractivity contribution < 1.29 is 13.2 Å². The third-order valence-electron chi connectivity index (χ3n) is 5.02. The first kappa shape index (κ1) is 20.9. The van der Waals surface area contributed by atoms with E-state index in [2.05, 4.69) is 20.8 Å². The Balaban J connectivity index is 1.85. The lowest BCUT2D eigenvalue weighted by atomic mass is 9.90. The minimum atomic E-state index is -3.40. The Labute approximate surface area is 158 Å². The molecule has 146 valence electrons. The highest BCUT2D eigenvalue weighted by Crippen LogP contribution is 2.25. The Morgan fingerprint density at radius 2 is 1.92 bits per heavy atom. The average molecular weight is 381 g/mol. The second-order valence-electron chi connectivity index (χ2n) is 7.33. The van der Waals surface area contributed by atoms with E-state index in [1.165, 1.54) is 4.31 Å². The SMILES string of the molecule is CC[C@@H]1COC(C(CCCCN(C)S(=O)(=O)c2ccccc2)C(C)C)=N1. The molecule has 0 N–H and O–H groups in total. The van der Waals surface area contributed by atoms with E-state index in [0.29, 0.717) is 35.9 Å². The van der Waals surface area contributed by atoms with E-state index in [1.54, 1.807) is 31.3 Å². The van der Waals surface area contributed by atoms with Gasteiger partial charge >= 0.3 is 0 Å². The highest BCUT2D eigenvalue weighted by atomic mass is 32.2. The van der Waals surface area contributed by atoms with Crippen LogP contribution in [0.4, 0.5) is 0 Å². The maximum Gasteiger partial charge on any atom is 0.242 e. The molecular formula is C20H32N2O3S. The van der Waals surface area contributed by atoms with Crippen LogP contribution in [0.5, 0.6) is 0 Å². The molecule has 2 rings (SSSR count). The van der Waals surface area contributed by atoms with E-state index in [4.69, 9.17) is 9.73 Å². The number of sulfonamides is 1. The quantitative estimate of drug-likeness (QED) is 0.577. The van der Waals surface area contributed by atoms with E-state index < -0.39 is 10.0 Å². The Morgan fingerprint density at radius 3 is 2.50 bits per heavy atom. The molecule has 6 heteroatoms. The normalized spacial score (nSPS) is 18.8. The number of unbranched alkanes of at least 4 members (excludes halogenated alkanes) is 1. The van der Waals surface area contributed by atoms with Crippen LogP contribution in [0.25, 0.3) is 0 Å². The molecule has 0 saturated carbocycles. The summed E-state index contributed by atoms with van der Waals surface area (Å²) in [6.45, 7) is 7.75. The highest BCUT2D eigenvalue weighted by molar-refractivity contribution is 7.89. The largest absolute Gasteiger partial charge is 0.478 e. The number of hydrogen-bond acceptors (Lipinski definition) is 4. The summed E-state index contributed by atoms with van der Waals surface area (Å²) in [5.41, 5.74) is 0. The Morgan fingerprint density at radius 1 is 1.23 bits per heavy atom. The molecule has 0 radical (unpaired) electrons. The fraction of sp³-hybridized carbons (Fsp3) is 0.650. The molecule has 2 atom stereocenters. The summed E-state index contributed by atoms with van der Waals surface area (Å²) < 4.78 is 32.3. The molecular weight excluding hydrogens is 348 g/mol. The third-order valence-corrected chi connectivity index (χ3v) is 6.89. The van der Waals surface area contributed by atoms with Crippen molar-refractivity contribution in [3.05, 3.63) is 30.3 Å². The van der Waals surface area contributed by atoms with Gasteiger partial charge in [0.2, 0.25) is 10.0 Å². The Hall–Kier alpha value is -1.40. The predicted octanol–water partition coefficient (Wildman–Crippen LogP) is 3.96. The summed E-state index contributed by atoms with van der Waals surface area (Å²) in [5.74, 6) is 1.69. The van der Waals surface area contributed by atoms with Crippen LogP contribution in [0.15, 0.2) is 40.2 Å². The topological polar surface area (TPSA) is 59.0 Å². The number of aliphatic imine (C=N–C) groups is 1. The van der Waals surface area contributed by atoms with Gasteiger partial charge in [0, 0.05) is 19.5 Å². The first-order valence-corrected chi connectivity index (χ1v) is 11.0. The van der Waals surface area contributed by atoms with Crippen molar-refractivity contribution in [2.24, 2.45) is 16.8 Å². The van der Waals surface area contributed by atoms with E-state index in [-0.39, 0.29) is 0 Å². The van der Waals surface area contributed by atoms with Gasteiger partial charge in [-0.15, -0.1) is 0 Å². The summed E-state index contributed by atoms with van der Waals surface area (Å²) in [4.78, 5) is 5.06. The first-order chi connectivity index (χ1) is 12.4. The number of hydrogen-bond donors (Lipinski definition) is 0. The molecule has 26 heavy (non-hydrogen) atoms. The summed E-state index contributed by atoms with van der Waals surface area (Å²) in [6, 6.07) is 8.90. The van der Waals surface area contributed by atoms with Crippen molar-refractivity contribution in [3.63, 3.8) is 0 Å². The fourth-order valence-corrected chi connectivity index (χ4v) is 4.41. The molecule has 5 nitrogen and oxygen atoms in total. The maximum atomic E-state index is 12.5. The van der Waals surface area contributed by atoms with Crippen LogP contribution >= 0.6 is 0 Å². The zero-order valence-electron chi connectivity index (χ0n) is 16.4. The minimum absolute atomic E-state index is 0.299. The van der Waals surface area contributed by atoms with Crippen LogP contribution in [0, 0.1) is 11.8 Å². The third kappa shape index (κ3) is 5.30. The summed E-state index contributed by atoms with van der Waals surface area (Å²) >= 11 is 0. The van der Waals surface area contributed by atoms with Gasteiger partial charge in [0.25, 0.3) is 0 Å². The zero-order valence-corrected chi connectivity index (χ0v) is 17.2. The molecule has 1 aromatic rings. The van der Waals surface area contributed by atoms with Crippen LogP contribution in [0.3, 0.4) is 0 Å². The van der Waals surface area contributed by atoms with Gasteiger partial charge in [-0.3, -0.25) is 0 Å². The van der Waals surface area contributed by atoms with E-state index in [1.807, 2.05) is 6.07 Å². The molecule has 0 bridgehead atoms. The fourth-order valence-electron chi connectivity index (χ4n) is 3.18. The number of ether oxygens (including phenoxy) is 1. The summed E-state index contributed by atoms with van der Waals surface area (Å²) in [6.07, 6.45) is 3.77. The van der Waals surface area contributed by atoms with Crippen LogP contribution < -0.4 is 0 Å². The Kier molecular flexibility index (Phi) is 7.65. The summed E-state index contributed by atoms with van der Waals surface area (Å²) in [5, 5.41) is 0. The van der Waals surface area contributed by atoms with Crippen molar-refractivity contribution in [3.8, 4) is 0 Å². The van der Waals surface area contributed by atoms with Gasteiger partial charge in [-0.2, -0.15) is 0 Å². The number of nitrogens with zero attached hydrogens (tertiary/aromatic N) is 2. The lowest BCUT2D eigenvalue weighted by Crippen LogP contribution is -2.28. The lowest BCUT2D eigenvalue weighted by Gasteiger charge is -2.21. The van der Waals surface area contributed by atoms with Gasteiger partial charge in [0.05, 0.1) is 10.9 Å². The van der Waals surface area contributed by atoms with Crippen molar-refractivity contribution in [1.82, 2.24) is 4.31 Å². The van der Waals surface area contributed by atoms with Gasteiger partial charge in [-0.25, -0.2) is 17.7 Å². The van der Waals surface area contributed by atoms with Gasteiger partial charge in [-0.05, 0) is 37.3 Å². The lowest BCUT2D eigenvalue weighted by molar-refractivity contribution is 0.275. The molecule has 1 aromatic carbocycles. The second kappa shape index (κ2) is 9.51. The van der Waals surface area contributed by atoms with Crippen LogP contribution in [0.1, 0.15) is 46.5 Å². The van der Waals surface area contributed by atoms with Crippen molar-refractivity contribution in [2.75, 3.05) is 20.2 Å². The molecule has 1 aliphatic rings. The van der Waals surface area contributed by atoms with Gasteiger partial charge in [0.1, 0.15) is 6.61 Å².